The van der Waals surface area contributed by atoms with E-state index in [1.54, 1.807) is 59.5 Å². The Bertz CT molecular complexity index is 1520. The van der Waals surface area contributed by atoms with Crippen LogP contribution in [0.1, 0.15) is 36.0 Å². The monoisotopic (exact) mass is 598 g/mol. The molecule has 2 aliphatic rings. The van der Waals surface area contributed by atoms with Crippen molar-refractivity contribution in [3.8, 4) is 0 Å². The zero-order chi connectivity index (χ0) is 28.3. The van der Waals surface area contributed by atoms with Gasteiger partial charge in [0, 0.05) is 48.7 Å². The number of sulfonamides is 1. The van der Waals surface area contributed by atoms with Gasteiger partial charge in [-0.1, -0.05) is 41.9 Å². The average Bonchev–Trinajstić information content (AvgIpc) is 2.97. The molecule has 0 atom stereocenters. The third-order valence-corrected chi connectivity index (χ3v) is 9.99. The minimum Gasteiger partial charge on any atom is -0.360 e. The second kappa shape index (κ2) is 12.2. The Kier molecular flexibility index (Phi) is 8.70. The molecule has 3 aromatic rings. The lowest BCUT2D eigenvalue weighted by atomic mass is 9.85. The van der Waals surface area contributed by atoms with Crippen LogP contribution in [0.15, 0.2) is 71.6 Å². The molecule has 1 heterocycles. The molecule has 2 amide bonds. The summed E-state index contributed by atoms with van der Waals surface area (Å²) in [5, 5.41) is 8.50. The Balaban J connectivity index is 1.09. The van der Waals surface area contributed by atoms with Gasteiger partial charge in [-0.25, -0.2) is 8.42 Å². The van der Waals surface area contributed by atoms with E-state index in [0.717, 1.165) is 23.6 Å². The fraction of sp³-hybridized carbons (Fsp3) is 0.345. The predicted molar refractivity (Wildman–Crippen MR) is 160 cm³/mol. The first-order valence-electron chi connectivity index (χ1n) is 13.4. The van der Waals surface area contributed by atoms with Gasteiger partial charge in [-0.05, 0) is 85.1 Å². The van der Waals surface area contributed by atoms with Gasteiger partial charge in [0.1, 0.15) is 0 Å². The number of nitrogens with zero attached hydrogens (tertiary/aromatic N) is 2. The predicted octanol–water partition coefficient (Wildman–Crippen LogP) is 4.19. The van der Waals surface area contributed by atoms with Crippen molar-refractivity contribution in [1.29, 1.82) is 0 Å². The highest BCUT2D eigenvalue weighted by molar-refractivity contribution is 7.89. The molecule has 1 aliphatic heterocycles. The van der Waals surface area contributed by atoms with Crippen molar-refractivity contribution in [3.63, 3.8) is 0 Å². The maximum atomic E-state index is 13.3. The molecule has 1 saturated carbocycles. The average molecular weight is 599 g/mol. The summed E-state index contributed by atoms with van der Waals surface area (Å²) in [5.41, 5.74) is 0.538. The molecule has 0 aromatic heterocycles. The minimum absolute atomic E-state index is 0.0815. The van der Waals surface area contributed by atoms with Gasteiger partial charge in [-0.2, -0.15) is 4.31 Å². The number of benzene rings is 3. The Morgan fingerprint density at radius 2 is 1.50 bits per heavy atom. The molecule has 3 aromatic carbocycles. The summed E-state index contributed by atoms with van der Waals surface area (Å²) >= 11 is 11.4. The van der Waals surface area contributed by atoms with Crippen LogP contribution in [0.4, 0.5) is 0 Å². The van der Waals surface area contributed by atoms with Crippen molar-refractivity contribution in [1.82, 2.24) is 19.8 Å². The second-order valence-electron chi connectivity index (χ2n) is 10.2. The fourth-order valence-electron chi connectivity index (χ4n) is 5.38. The van der Waals surface area contributed by atoms with Crippen molar-refractivity contribution in [2.24, 2.45) is 5.92 Å². The number of fused-ring (bicyclic) bond motifs is 1. The van der Waals surface area contributed by atoms with E-state index in [1.807, 2.05) is 12.1 Å². The lowest BCUT2D eigenvalue weighted by molar-refractivity contribution is -0.137. The highest BCUT2D eigenvalue weighted by Crippen LogP contribution is 2.28. The topological polar surface area (TPSA) is 98.8 Å². The van der Waals surface area contributed by atoms with Gasteiger partial charge in [0.2, 0.25) is 15.9 Å². The lowest BCUT2D eigenvalue weighted by Crippen LogP contribution is -2.52. The molecular weight excluding hydrogens is 568 g/mol. The quantitative estimate of drug-likeness (QED) is 0.428. The molecule has 2 N–H and O–H groups in total. The first-order valence-corrected chi connectivity index (χ1v) is 15.6. The third kappa shape index (κ3) is 6.46. The number of piperazine rings is 1. The highest BCUT2D eigenvalue weighted by Gasteiger charge is 2.34. The molecule has 2 fully saturated rings. The molecule has 0 bridgehead atoms. The largest absolute Gasteiger partial charge is 0.360 e. The molecule has 1 saturated heterocycles. The van der Waals surface area contributed by atoms with Gasteiger partial charge in [-0.15, -0.1) is 0 Å². The minimum atomic E-state index is -3.67. The van der Waals surface area contributed by atoms with Gasteiger partial charge in [0.25, 0.3) is 5.91 Å². The normalized spacial score (nSPS) is 20.2. The van der Waals surface area contributed by atoms with Crippen molar-refractivity contribution < 1.29 is 18.0 Å². The first kappa shape index (κ1) is 28.5. The molecule has 8 nitrogen and oxygen atoms in total. The smallest absolute Gasteiger partial charge is 0.257 e. The number of hydrogen-bond donors (Lipinski definition) is 2. The molecule has 40 heavy (non-hydrogen) atoms. The van der Waals surface area contributed by atoms with E-state index in [4.69, 9.17) is 23.8 Å². The summed E-state index contributed by atoms with van der Waals surface area (Å²) in [6.07, 6.45) is 2.95. The SMILES string of the molecule is O=C(NC(=S)N[C@H]1CC[C@H](C(=O)N2CCN(S(=O)(=O)c3ccc4cc(Cl)ccc4c3)CC2)CC1)c1ccccc1. The molecule has 0 unspecified atom stereocenters. The van der Waals surface area contributed by atoms with E-state index in [0.29, 0.717) is 36.5 Å². The molecule has 11 heteroatoms. The fourth-order valence-corrected chi connectivity index (χ4v) is 7.28. The maximum absolute atomic E-state index is 13.3. The van der Waals surface area contributed by atoms with Crippen molar-refractivity contribution in [2.45, 2.75) is 36.6 Å². The van der Waals surface area contributed by atoms with Crippen LogP contribution < -0.4 is 10.6 Å². The molecule has 1 aliphatic carbocycles. The van der Waals surface area contributed by atoms with Crippen LogP contribution in [0.25, 0.3) is 10.8 Å². The number of hydrogen-bond acceptors (Lipinski definition) is 5. The van der Waals surface area contributed by atoms with Gasteiger partial charge in [0.15, 0.2) is 5.11 Å². The Morgan fingerprint density at radius 1 is 0.850 bits per heavy atom. The van der Waals surface area contributed by atoms with E-state index in [-0.39, 0.29) is 46.9 Å². The Morgan fingerprint density at radius 3 is 2.20 bits per heavy atom. The summed E-state index contributed by atoms with van der Waals surface area (Å²) in [6.45, 7) is 1.27. The lowest BCUT2D eigenvalue weighted by Gasteiger charge is -2.37. The van der Waals surface area contributed by atoms with Crippen LogP contribution in [0.5, 0.6) is 0 Å². The van der Waals surface area contributed by atoms with E-state index in [2.05, 4.69) is 10.6 Å². The zero-order valence-electron chi connectivity index (χ0n) is 21.9. The van der Waals surface area contributed by atoms with Crippen molar-refractivity contribution in [2.75, 3.05) is 26.2 Å². The maximum Gasteiger partial charge on any atom is 0.257 e. The number of nitrogens with one attached hydrogen (secondary N) is 2. The number of amides is 2. The molecular formula is C29H31ClN4O4S2. The standard InChI is InChI=1S/C29H31ClN4O4S2/c30-24-10-6-23-19-26(13-9-22(23)18-24)40(37,38)34-16-14-33(15-17-34)28(36)21-7-11-25(12-8-21)31-29(39)32-27(35)20-4-2-1-3-5-20/h1-6,9-10,13,18-19,21,25H,7-8,11-12,14-17H2,(H2,31,32,35,39)/t21-,25-. The van der Waals surface area contributed by atoms with Gasteiger partial charge >= 0.3 is 0 Å². The van der Waals surface area contributed by atoms with Crippen molar-refractivity contribution >= 4 is 61.5 Å². The van der Waals surface area contributed by atoms with E-state index >= 15 is 0 Å². The summed E-state index contributed by atoms with van der Waals surface area (Å²) < 4.78 is 28.1. The summed E-state index contributed by atoms with van der Waals surface area (Å²) in [5.74, 6) is -0.271. The Hall–Kier alpha value is -3.05. The number of carbonyl (C=O) groups excluding carboxylic acids is 2. The van der Waals surface area contributed by atoms with Crippen LogP contribution >= 0.6 is 23.8 Å². The molecule has 0 radical (unpaired) electrons. The molecule has 0 spiro atoms. The van der Waals surface area contributed by atoms with E-state index < -0.39 is 10.0 Å². The highest BCUT2D eigenvalue weighted by atomic mass is 35.5. The van der Waals surface area contributed by atoms with Crippen LogP contribution in [0.3, 0.4) is 0 Å². The Labute approximate surface area is 244 Å². The first-order chi connectivity index (χ1) is 19.2. The van der Waals surface area contributed by atoms with Gasteiger partial charge < -0.3 is 10.2 Å². The van der Waals surface area contributed by atoms with Crippen LogP contribution in [-0.2, 0) is 14.8 Å². The zero-order valence-corrected chi connectivity index (χ0v) is 24.3. The summed E-state index contributed by atoms with van der Waals surface area (Å²) in [4.78, 5) is 27.6. The van der Waals surface area contributed by atoms with Crippen LogP contribution in [0, 0.1) is 5.92 Å². The van der Waals surface area contributed by atoms with Crippen LogP contribution in [0.2, 0.25) is 5.02 Å². The molecule has 5 rings (SSSR count). The second-order valence-corrected chi connectivity index (χ2v) is 13.0. The number of carbonyl (C=O) groups is 2. The van der Waals surface area contributed by atoms with Crippen LogP contribution in [-0.4, -0.2) is 66.8 Å². The van der Waals surface area contributed by atoms with Crippen molar-refractivity contribution in [3.05, 3.63) is 77.3 Å². The third-order valence-electron chi connectivity index (χ3n) is 7.64. The molecule has 210 valence electrons. The van der Waals surface area contributed by atoms with Gasteiger partial charge in [0.05, 0.1) is 4.90 Å². The summed E-state index contributed by atoms with van der Waals surface area (Å²) in [6, 6.07) is 19.4. The number of rotatable bonds is 5. The van der Waals surface area contributed by atoms with Gasteiger partial charge in [-0.3, -0.25) is 14.9 Å². The van der Waals surface area contributed by atoms with E-state index in [1.165, 1.54) is 4.31 Å². The number of thiocarbonyl (C=S) groups is 1. The van der Waals surface area contributed by atoms with E-state index in [9.17, 15) is 18.0 Å². The summed E-state index contributed by atoms with van der Waals surface area (Å²) in [7, 11) is -3.67. The number of halogens is 1.